The van der Waals surface area contributed by atoms with Crippen LogP contribution in [0, 0.1) is 5.92 Å². The van der Waals surface area contributed by atoms with Gasteiger partial charge in [-0.3, -0.25) is 4.79 Å². The first-order valence-corrected chi connectivity index (χ1v) is 12.0. The molecule has 0 unspecified atom stereocenters. The molecule has 2 fully saturated rings. The third kappa shape index (κ3) is 4.58. The van der Waals surface area contributed by atoms with Gasteiger partial charge in [-0.15, -0.1) is 0 Å². The minimum atomic E-state index is -4.42. The Hall–Kier alpha value is -2.45. The molecule has 0 saturated carbocycles. The van der Waals surface area contributed by atoms with Crippen molar-refractivity contribution in [1.29, 1.82) is 0 Å². The van der Waals surface area contributed by atoms with Crippen LogP contribution in [-0.4, -0.2) is 50.8 Å². The summed E-state index contributed by atoms with van der Waals surface area (Å²) in [6, 6.07) is 11.3. The lowest BCUT2D eigenvalue weighted by molar-refractivity contribution is -0.137. The van der Waals surface area contributed by atoms with Crippen molar-refractivity contribution < 1.29 is 22.7 Å². The third-order valence-corrected chi connectivity index (χ3v) is 7.42. The maximum absolute atomic E-state index is 13.4. The van der Waals surface area contributed by atoms with Gasteiger partial charge in [-0.2, -0.15) is 13.2 Å². The first-order chi connectivity index (χ1) is 16.3. The Morgan fingerprint density at radius 3 is 2.71 bits per heavy atom. The smallest absolute Gasteiger partial charge is 0.376 e. The summed E-state index contributed by atoms with van der Waals surface area (Å²) in [5.74, 6) is -0.628. The number of para-hydroxylation sites is 1. The number of anilines is 2. The van der Waals surface area contributed by atoms with E-state index in [0.717, 1.165) is 30.3 Å². The number of alkyl halides is 3. The van der Waals surface area contributed by atoms with Gasteiger partial charge < -0.3 is 19.9 Å². The number of nitrogens with one attached hydrogen (secondary N) is 1. The van der Waals surface area contributed by atoms with Crippen LogP contribution in [0.3, 0.4) is 0 Å². The lowest BCUT2D eigenvalue weighted by atomic mass is 9.82. The first kappa shape index (κ1) is 23.3. The van der Waals surface area contributed by atoms with E-state index in [1.165, 1.54) is 6.07 Å². The van der Waals surface area contributed by atoms with Crippen LogP contribution in [0.1, 0.15) is 24.0 Å². The molecule has 2 saturated heterocycles. The second-order valence-electron chi connectivity index (χ2n) is 9.19. The van der Waals surface area contributed by atoms with E-state index in [4.69, 9.17) is 16.3 Å². The van der Waals surface area contributed by atoms with Crippen LogP contribution >= 0.6 is 11.6 Å². The number of hydrogen-bond donors (Lipinski definition) is 1. The van der Waals surface area contributed by atoms with Crippen LogP contribution in [0.4, 0.5) is 24.5 Å². The summed E-state index contributed by atoms with van der Waals surface area (Å²) >= 11 is 6.44. The lowest BCUT2D eigenvalue weighted by Crippen LogP contribution is -2.61. The Bertz CT molecular complexity index is 1060. The molecule has 5 nitrogen and oxygen atoms in total. The molecule has 34 heavy (non-hydrogen) atoms. The monoisotopic (exact) mass is 493 g/mol. The Morgan fingerprint density at radius 1 is 1.15 bits per heavy atom. The highest BCUT2D eigenvalue weighted by molar-refractivity contribution is 6.33. The summed E-state index contributed by atoms with van der Waals surface area (Å²) in [4.78, 5) is 17.6. The van der Waals surface area contributed by atoms with Crippen LogP contribution in [0.2, 0.25) is 5.02 Å². The second-order valence-corrected chi connectivity index (χ2v) is 9.60. The molecule has 5 rings (SSSR count). The van der Waals surface area contributed by atoms with Crippen molar-refractivity contribution in [3.63, 3.8) is 0 Å². The summed E-state index contributed by atoms with van der Waals surface area (Å²) in [6.45, 7) is 2.92. The van der Waals surface area contributed by atoms with Crippen molar-refractivity contribution in [2.24, 2.45) is 5.92 Å². The molecular formula is C25H27ClF3N3O2. The first-order valence-electron chi connectivity index (χ1n) is 11.7. The maximum atomic E-state index is 13.4. The Kier molecular flexibility index (Phi) is 6.37. The van der Waals surface area contributed by atoms with E-state index in [1.807, 2.05) is 24.3 Å². The lowest BCUT2D eigenvalue weighted by Gasteiger charge is -2.50. The number of ether oxygens (including phenoxy) is 1. The zero-order valence-corrected chi connectivity index (χ0v) is 19.4. The van der Waals surface area contributed by atoms with Crippen LogP contribution in [0.15, 0.2) is 42.5 Å². The SMILES string of the molecule is O=C(NC[C@@H]1CCCO1)[C@H]1Cc2cc(C(F)(F)F)ccc2N2CCN(c3ccccc3Cl)C[C@H]12. The molecule has 2 aromatic carbocycles. The van der Waals surface area contributed by atoms with Gasteiger partial charge in [0.05, 0.1) is 34.3 Å². The van der Waals surface area contributed by atoms with Crippen molar-refractivity contribution in [3.8, 4) is 0 Å². The second kappa shape index (κ2) is 9.30. The molecule has 2 aromatic rings. The third-order valence-electron chi connectivity index (χ3n) is 7.10. The van der Waals surface area contributed by atoms with Crippen molar-refractivity contribution in [2.75, 3.05) is 42.6 Å². The molecule has 0 aliphatic carbocycles. The number of rotatable bonds is 4. The summed E-state index contributed by atoms with van der Waals surface area (Å²) in [6.07, 6.45) is -2.29. The minimum Gasteiger partial charge on any atom is -0.376 e. The molecule has 0 bridgehead atoms. The summed E-state index contributed by atoms with van der Waals surface area (Å²) in [5.41, 5.74) is 1.56. The maximum Gasteiger partial charge on any atom is 0.416 e. The van der Waals surface area contributed by atoms with E-state index in [0.29, 0.717) is 43.4 Å². The molecule has 3 aliphatic rings. The highest BCUT2D eigenvalue weighted by Crippen LogP contribution is 2.41. The van der Waals surface area contributed by atoms with Gasteiger partial charge in [0.25, 0.3) is 0 Å². The summed E-state index contributed by atoms with van der Waals surface area (Å²) in [5, 5.41) is 3.65. The fourth-order valence-corrected chi connectivity index (χ4v) is 5.63. The molecule has 3 atom stereocenters. The number of halogens is 4. The normalized spacial score (nSPS) is 24.5. The van der Waals surface area contributed by atoms with Gasteiger partial charge >= 0.3 is 6.18 Å². The molecular weight excluding hydrogens is 467 g/mol. The molecule has 0 aromatic heterocycles. The zero-order chi connectivity index (χ0) is 23.9. The average molecular weight is 494 g/mol. The molecule has 9 heteroatoms. The Labute approximate surface area is 201 Å². The van der Waals surface area contributed by atoms with E-state index >= 15 is 0 Å². The van der Waals surface area contributed by atoms with E-state index in [-0.39, 0.29) is 24.5 Å². The number of piperazine rings is 1. The number of nitrogens with zero attached hydrogens (tertiary/aromatic N) is 2. The van der Waals surface area contributed by atoms with Gasteiger partial charge in [0.15, 0.2) is 0 Å². The minimum absolute atomic E-state index is 0.00117. The molecule has 1 amide bonds. The molecule has 3 heterocycles. The number of benzene rings is 2. The van der Waals surface area contributed by atoms with Crippen LogP contribution in [0.25, 0.3) is 0 Å². The number of carbonyl (C=O) groups excluding carboxylic acids is 1. The number of carbonyl (C=O) groups is 1. The van der Waals surface area contributed by atoms with Gasteiger partial charge in [0.1, 0.15) is 0 Å². The van der Waals surface area contributed by atoms with Crippen molar-refractivity contribution >= 4 is 28.9 Å². The van der Waals surface area contributed by atoms with Gasteiger partial charge in [-0.05, 0) is 55.2 Å². The number of hydrogen-bond acceptors (Lipinski definition) is 4. The largest absolute Gasteiger partial charge is 0.416 e. The van der Waals surface area contributed by atoms with Crippen molar-refractivity contribution in [3.05, 3.63) is 58.6 Å². The molecule has 3 aliphatic heterocycles. The van der Waals surface area contributed by atoms with E-state index < -0.39 is 17.7 Å². The quantitative estimate of drug-likeness (QED) is 0.680. The van der Waals surface area contributed by atoms with Crippen LogP contribution in [0.5, 0.6) is 0 Å². The van der Waals surface area contributed by atoms with Crippen molar-refractivity contribution in [1.82, 2.24) is 5.32 Å². The molecule has 1 N–H and O–H groups in total. The van der Waals surface area contributed by atoms with E-state index in [1.54, 1.807) is 6.07 Å². The molecule has 0 spiro atoms. The fourth-order valence-electron chi connectivity index (χ4n) is 5.38. The fraction of sp³-hybridized carbons (Fsp3) is 0.480. The number of amides is 1. The van der Waals surface area contributed by atoms with Gasteiger partial charge in [-0.25, -0.2) is 0 Å². The Morgan fingerprint density at radius 2 is 1.97 bits per heavy atom. The topological polar surface area (TPSA) is 44.8 Å². The Balaban J connectivity index is 1.44. The van der Waals surface area contributed by atoms with E-state index in [2.05, 4.69) is 15.1 Å². The number of fused-ring (bicyclic) bond motifs is 3. The molecule has 182 valence electrons. The summed E-state index contributed by atoms with van der Waals surface area (Å²) in [7, 11) is 0. The molecule has 0 radical (unpaired) electrons. The zero-order valence-electron chi connectivity index (χ0n) is 18.7. The van der Waals surface area contributed by atoms with Gasteiger partial charge in [0, 0.05) is 38.5 Å². The highest BCUT2D eigenvalue weighted by atomic mass is 35.5. The van der Waals surface area contributed by atoms with Crippen LogP contribution in [-0.2, 0) is 22.1 Å². The predicted molar refractivity (Wildman–Crippen MR) is 125 cm³/mol. The van der Waals surface area contributed by atoms with Gasteiger partial charge in [-0.1, -0.05) is 23.7 Å². The average Bonchev–Trinajstić information content (AvgIpc) is 3.35. The predicted octanol–water partition coefficient (Wildman–Crippen LogP) is 4.52. The summed E-state index contributed by atoms with van der Waals surface area (Å²) < 4.78 is 45.8. The van der Waals surface area contributed by atoms with E-state index in [9.17, 15) is 18.0 Å². The highest BCUT2D eigenvalue weighted by Gasteiger charge is 2.43. The van der Waals surface area contributed by atoms with Crippen molar-refractivity contribution in [2.45, 2.75) is 37.6 Å². The van der Waals surface area contributed by atoms with Crippen LogP contribution < -0.4 is 15.1 Å². The standard InChI is InChI=1S/C25H27ClF3N3O2/c26-20-5-1-2-6-22(20)31-9-10-32-21-8-7-17(25(27,28)29)12-16(21)13-19(23(32)15-31)24(33)30-14-18-4-3-11-34-18/h1-2,5-8,12,18-19,23H,3-4,9-11,13-15H2,(H,30,33)/t18-,19-,23+/m0/s1. The van der Waals surface area contributed by atoms with Gasteiger partial charge in [0.2, 0.25) is 5.91 Å².